The van der Waals surface area contributed by atoms with Crippen LogP contribution < -0.4 is 11.1 Å². The van der Waals surface area contributed by atoms with Crippen LogP contribution in [0.1, 0.15) is 31.5 Å². The Bertz CT molecular complexity index is 1120. The molecule has 0 aliphatic carbocycles. The number of nitrogen functional groups attached to an aromatic ring is 1. The number of likely N-dealkylation sites (tertiary alicyclic amines) is 1. The molecule has 0 aromatic carbocycles. The van der Waals surface area contributed by atoms with Gasteiger partial charge in [0, 0.05) is 19.3 Å². The Morgan fingerprint density at radius 2 is 2.12 bits per heavy atom. The fraction of sp³-hybridized carbons (Fsp3) is 0.476. The second-order valence-corrected chi connectivity index (χ2v) is 8.63. The Hall–Kier alpha value is -3.47. The van der Waals surface area contributed by atoms with Crippen molar-refractivity contribution in [3.05, 3.63) is 30.4 Å². The zero-order chi connectivity index (χ0) is 22.8. The fourth-order valence-corrected chi connectivity index (χ4v) is 4.02. The fourth-order valence-electron chi connectivity index (χ4n) is 4.02. The summed E-state index contributed by atoms with van der Waals surface area (Å²) in [6.07, 6.45) is 6.61. The summed E-state index contributed by atoms with van der Waals surface area (Å²) in [4.78, 5) is 33.9. The number of likely N-dealkylation sites (N-methyl/N-ethyl adjacent to an activating group) is 1. The van der Waals surface area contributed by atoms with Crippen molar-refractivity contribution >= 4 is 34.2 Å². The first-order valence-electron chi connectivity index (χ1n) is 10.7. The minimum atomic E-state index is -0.724. The molecule has 0 unspecified atom stereocenters. The van der Waals surface area contributed by atoms with Gasteiger partial charge < -0.3 is 20.9 Å². The summed E-state index contributed by atoms with van der Waals surface area (Å²) < 4.78 is 1.88. The molecule has 4 N–H and O–H groups in total. The standard InChI is InChI=1S/C21H29N9O2/c1-13-4-5-17(15-6-7-29(27-15)9-8-28(2)3)30(12-13)21(32)20(31)25-16-11-23-19(22)14-10-24-26-18(14)16/h6-7,10-11,13,17H,4-5,8-9,12H2,1-3H3,(H2,22,23)(H,24,26)(H,25,31)/t13-,17+/m1/s1. The van der Waals surface area contributed by atoms with Gasteiger partial charge >= 0.3 is 11.8 Å². The van der Waals surface area contributed by atoms with Gasteiger partial charge in [-0.1, -0.05) is 6.92 Å². The number of hydrogen-bond donors (Lipinski definition) is 3. The monoisotopic (exact) mass is 439 g/mol. The quantitative estimate of drug-likeness (QED) is 0.508. The number of amides is 2. The number of carbonyl (C=O) groups excluding carboxylic acids is 2. The zero-order valence-corrected chi connectivity index (χ0v) is 18.6. The highest BCUT2D eigenvalue weighted by atomic mass is 16.2. The van der Waals surface area contributed by atoms with Gasteiger partial charge in [-0.2, -0.15) is 10.2 Å². The molecule has 32 heavy (non-hydrogen) atoms. The van der Waals surface area contributed by atoms with Gasteiger partial charge in [0.2, 0.25) is 0 Å². The number of aromatic nitrogens is 5. The minimum Gasteiger partial charge on any atom is -0.383 e. The molecule has 1 saturated heterocycles. The summed E-state index contributed by atoms with van der Waals surface area (Å²) in [5.74, 6) is -0.711. The topological polar surface area (TPSA) is 138 Å². The summed E-state index contributed by atoms with van der Waals surface area (Å²) in [6, 6.07) is 1.70. The van der Waals surface area contributed by atoms with E-state index in [9.17, 15) is 9.59 Å². The largest absolute Gasteiger partial charge is 0.383 e. The Morgan fingerprint density at radius 1 is 1.31 bits per heavy atom. The average Bonchev–Trinajstić information content (AvgIpc) is 3.44. The first-order chi connectivity index (χ1) is 15.3. The Labute approximate surface area is 186 Å². The number of nitrogens with zero attached hydrogens (tertiary/aromatic N) is 6. The molecule has 4 rings (SSSR count). The van der Waals surface area contributed by atoms with E-state index in [1.54, 1.807) is 4.90 Å². The van der Waals surface area contributed by atoms with Gasteiger partial charge in [-0.3, -0.25) is 19.4 Å². The summed E-state index contributed by atoms with van der Waals surface area (Å²) in [7, 11) is 4.03. The summed E-state index contributed by atoms with van der Waals surface area (Å²) >= 11 is 0. The van der Waals surface area contributed by atoms with E-state index >= 15 is 0 Å². The van der Waals surface area contributed by atoms with Crippen molar-refractivity contribution in [2.75, 3.05) is 38.2 Å². The van der Waals surface area contributed by atoms with E-state index in [1.807, 2.05) is 31.0 Å². The van der Waals surface area contributed by atoms with Gasteiger partial charge in [-0.25, -0.2) is 4.98 Å². The number of carbonyl (C=O) groups is 2. The van der Waals surface area contributed by atoms with Crippen LogP contribution in [-0.2, 0) is 16.1 Å². The molecule has 3 aromatic rings. The number of H-pyrrole nitrogens is 1. The van der Waals surface area contributed by atoms with E-state index < -0.39 is 11.8 Å². The first-order valence-corrected chi connectivity index (χ1v) is 10.7. The predicted molar refractivity (Wildman–Crippen MR) is 121 cm³/mol. The smallest absolute Gasteiger partial charge is 0.314 e. The predicted octanol–water partition coefficient (Wildman–Crippen LogP) is 1.24. The Morgan fingerprint density at radius 3 is 2.91 bits per heavy atom. The van der Waals surface area contributed by atoms with Gasteiger partial charge in [0.15, 0.2) is 0 Å². The number of hydrogen-bond acceptors (Lipinski definition) is 7. The van der Waals surface area contributed by atoms with Crippen LogP contribution in [0.5, 0.6) is 0 Å². The van der Waals surface area contributed by atoms with Crippen LogP contribution in [0.15, 0.2) is 24.7 Å². The van der Waals surface area contributed by atoms with E-state index in [0.29, 0.717) is 34.9 Å². The highest BCUT2D eigenvalue weighted by molar-refractivity contribution is 6.40. The highest BCUT2D eigenvalue weighted by Gasteiger charge is 2.35. The van der Waals surface area contributed by atoms with Crippen LogP contribution in [0.3, 0.4) is 0 Å². The van der Waals surface area contributed by atoms with Crippen molar-refractivity contribution in [1.29, 1.82) is 0 Å². The zero-order valence-electron chi connectivity index (χ0n) is 18.6. The maximum atomic E-state index is 13.2. The molecule has 170 valence electrons. The van der Waals surface area contributed by atoms with Crippen LogP contribution in [0.2, 0.25) is 0 Å². The minimum absolute atomic E-state index is 0.234. The van der Waals surface area contributed by atoms with Crippen LogP contribution in [0.25, 0.3) is 10.9 Å². The molecular weight excluding hydrogens is 410 g/mol. The molecule has 11 heteroatoms. The van der Waals surface area contributed by atoms with Crippen LogP contribution >= 0.6 is 0 Å². The number of anilines is 2. The molecule has 1 fully saturated rings. The van der Waals surface area contributed by atoms with Crippen LogP contribution in [0.4, 0.5) is 11.5 Å². The maximum absolute atomic E-state index is 13.2. The number of fused-ring (bicyclic) bond motifs is 1. The van der Waals surface area contributed by atoms with Crippen molar-refractivity contribution < 1.29 is 9.59 Å². The van der Waals surface area contributed by atoms with E-state index in [-0.39, 0.29) is 6.04 Å². The molecule has 1 aliphatic heterocycles. The number of aromatic amines is 1. The lowest BCUT2D eigenvalue weighted by atomic mass is 9.92. The van der Waals surface area contributed by atoms with Gasteiger partial charge in [-0.15, -0.1) is 0 Å². The Kier molecular flexibility index (Phi) is 6.08. The van der Waals surface area contributed by atoms with Crippen molar-refractivity contribution in [3.63, 3.8) is 0 Å². The van der Waals surface area contributed by atoms with Gasteiger partial charge in [-0.05, 0) is 38.9 Å². The van der Waals surface area contributed by atoms with E-state index in [2.05, 4.69) is 37.4 Å². The number of piperidine rings is 1. The van der Waals surface area contributed by atoms with E-state index in [0.717, 1.165) is 31.6 Å². The van der Waals surface area contributed by atoms with Gasteiger partial charge in [0.05, 0.1) is 47.3 Å². The first kappa shape index (κ1) is 21.8. The molecule has 4 heterocycles. The summed E-state index contributed by atoms with van der Waals surface area (Å²) in [6.45, 7) is 4.21. The number of nitrogens with one attached hydrogen (secondary N) is 2. The molecule has 1 aliphatic rings. The molecule has 2 amide bonds. The normalized spacial score (nSPS) is 18.9. The van der Waals surface area contributed by atoms with E-state index in [4.69, 9.17) is 5.73 Å². The average molecular weight is 440 g/mol. The lowest BCUT2D eigenvalue weighted by Gasteiger charge is -2.37. The van der Waals surface area contributed by atoms with Crippen LogP contribution in [0, 0.1) is 5.92 Å². The molecule has 0 spiro atoms. The third-order valence-corrected chi connectivity index (χ3v) is 5.82. The molecule has 3 aromatic heterocycles. The molecule has 0 bridgehead atoms. The van der Waals surface area contributed by atoms with Crippen LogP contribution in [-0.4, -0.2) is 73.8 Å². The molecule has 0 radical (unpaired) electrons. The van der Waals surface area contributed by atoms with Crippen molar-refractivity contribution in [2.45, 2.75) is 32.4 Å². The SMILES string of the molecule is C[C@@H]1CC[C@@H](c2ccn(CCN(C)C)n2)N(C(=O)C(=O)Nc2cnc(N)c3cn[nH]c23)C1. The van der Waals surface area contributed by atoms with E-state index in [1.165, 1.54) is 12.4 Å². The lowest BCUT2D eigenvalue weighted by Crippen LogP contribution is -2.46. The van der Waals surface area contributed by atoms with Gasteiger partial charge in [0.25, 0.3) is 0 Å². The van der Waals surface area contributed by atoms with Crippen molar-refractivity contribution in [2.24, 2.45) is 5.92 Å². The second-order valence-electron chi connectivity index (χ2n) is 8.63. The molecular formula is C21H29N9O2. The number of nitrogens with two attached hydrogens (primary N) is 1. The van der Waals surface area contributed by atoms with Gasteiger partial charge in [0.1, 0.15) is 5.82 Å². The summed E-state index contributed by atoms with van der Waals surface area (Å²) in [5.41, 5.74) is 7.54. The lowest BCUT2D eigenvalue weighted by molar-refractivity contribution is -0.146. The van der Waals surface area contributed by atoms with Crippen molar-refractivity contribution in [1.82, 2.24) is 34.8 Å². The Balaban J connectivity index is 1.52. The molecule has 0 saturated carbocycles. The maximum Gasteiger partial charge on any atom is 0.314 e. The second kappa shape index (κ2) is 8.95. The number of pyridine rings is 1. The third-order valence-electron chi connectivity index (χ3n) is 5.82. The summed E-state index contributed by atoms with van der Waals surface area (Å²) in [5, 5.41) is 14.7. The highest BCUT2D eigenvalue weighted by Crippen LogP contribution is 2.33. The molecule has 11 nitrogen and oxygen atoms in total. The molecule has 2 atom stereocenters. The van der Waals surface area contributed by atoms with Crippen molar-refractivity contribution in [3.8, 4) is 0 Å². The number of rotatable bonds is 5. The third kappa shape index (κ3) is 4.42.